The van der Waals surface area contributed by atoms with Crippen molar-refractivity contribution in [2.45, 2.75) is 19.5 Å². The van der Waals surface area contributed by atoms with Crippen LogP contribution in [0.4, 0.5) is 0 Å². The van der Waals surface area contributed by atoms with Crippen molar-refractivity contribution in [3.05, 3.63) is 29.8 Å². The quantitative estimate of drug-likeness (QED) is 0.832. The SMILES string of the molecule is COc1cccc(CNC(C)CS(C)(=O)=O)c1. The minimum Gasteiger partial charge on any atom is -0.497 e. The summed E-state index contributed by atoms with van der Waals surface area (Å²) in [5.41, 5.74) is 1.07. The molecule has 0 radical (unpaired) electrons. The zero-order valence-electron chi connectivity index (χ0n) is 10.4. The average Bonchev–Trinajstić information content (AvgIpc) is 2.24. The molecule has 1 unspecified atom stereocenters. The highest BCUT2D eigenvalue weighted by atomic mass is 32.2. The zero-order chi connectivity index (χ0) is 12.9. The van der Waals surface area contributed by atoms with Gasteiger partial charge in [-0.05, 0) is 24.6 Å². The molecule has 96 valence electrons. The second kappa shape index (κ2) is 6.02. The van der Waals surface area contributed by atoms with E-state index in [1.807, 2.05) is 31.2 Å². The Bertz CT molecular complexity index is 457. The molecule has 0 saturated heterocycles. The van der Waals surface area contributed by atoms with E-state index in [1.165, 1.54) is 6.26 Å². The molecule has 1 atom stereocenters. The number of nitrogens with one attached hydrogen (secondary N) is 1. The Morgan fingerprint density at radius 3 is 2.71 bits per heavy atom. The van der Waals surface area contributed by atoms with E-state index in [2.05, 4.69) is 5.32 Å². The lowest BCUT2D eigenvalue weighted by atomic mass is 10.2. The minimum atomic E-state index is -2.93. The lowest BCUT2D eigenvalue weighted by molar-refractivity contribution is 0.414. The third-order valence-electron chi connectivity index (χ3n) is 2.34. The van der Waals surface area contributed by atoms with E-state index in [0.717, 1.165) is 11.3 Å². The molecule has 1 aromatic carbocycles. The predicted molar refractivity (Wildman–Crippen MR) is 69.0 cm³/mol. The Hall–Kier alpha value is -1.07. The van der Waals surface area contributed by atoms with Gasteiger partial charge < -0.3 is 10.1 Å². The maximum atomic E-state index is 11.1. The molecule has 0 aromatic heterocycles. The van der Waals surface area contributed by atoms with Crippen molar-refractivity contribution in [2.75, 3.05) is 19.1 Å². The number of benzene rings is 1. The van der Waals surface area contributed by atoms with Gasteiger partial charge in [0.05, 0.1) is 12.9 Å². The van der Waals surface area contributed by atoms with Crippen LogP contribution < -0.4 is 10.1 Å². The van der Waals surface area contributed by atoms with Crippen LogP contribution in [-0.2, 0) is 16.4 Å². The summed E-state index contributed by atoms with van der Waals surface area (Å²) < 4.78 is 27.3. The molecule has 0 bridgehead atoms. The molecule has 0 saturated carbocycles. The maximum absolute atomic E-state index is 11.1. The van der Waals surface area contributed by atoms with Crippen LogP contribution in [0.1, 0.15) is 12.5 Å². The number of hydrogen-bond donors (Lipinski definition) is 1. The van der Waals surface area contributed by atoms with Gasteiger partial charge in [0.25, 0.3) is 0 Å². The molecule has 0 aliphatic heterocycles. The van der Waals surface area contributed by atoms with E-state index in [-0.39, 0.29) is 11.8 Å². The summed E-state index contributed by atoms with van der Waals surface area (Å²) >= 11 is 0. The van der Waals surface area contributed by atoms with Crippen molar-refractivity contribution in [1.82, 2.24) is 5.32 Å². The van der Waals surface area contributed by atoms with Crippen LogP contribution in [0.3, 0.4) is 0 Å². The third-order valence-corrected chi connectivity index (χ3v) is 3.45. The van der Waals surface area contributed by atoms with Crippen LogP contribution in [0.15, 0.2) is 24.3 Å². The van der Waals surface area contributed by atoms with E-state index in [1.54, 1.807) is 7.11 Å². The molecule has 0 aliphatic rings. The molecule has 1 aromatic rings. The van der Waals surface area contributed by atoms with Crippen LogP contribution in [-0.4, -0.2) is 33.6 Å². The standard InChI is InChI=1S/C12H19NO3S/c1-10(9-17(3,14)15)13-8-11-5-4-6-12(7-11)16-2/h4-7,10,13H,8-9H2,1-3H3. The van der Waals surface area contributed by atoms with Gasteiger partial charge in [0, 0.05) is 18.8 Å². The largest absolute Gasteiger partial charge is 0.497 e. The van der Waals surface area contributed by atoms with E-state index in [0.29, 0.717) is 6.54 Å². The summed E-state index contributed by atoms with van der Waals surface area (Å²) in [6.07, 6.45) is 1.25. The highest BCUT2D eigenvalue weighted by molar-refractivity contribution is 7.90. The van der Waals surface area contributed by atoms with Gasteiger partial charge in [0.15, 0.2) is 0 Å². The molecule has 0 spiro atoms. The molecule has 0 fully saturated rings. The lowest BCUT2D eigenvalue weighted by Crippen LogP contribution is -2.32. The van der Waals surface area contributed by atoms with Crippen molar-refractivity contribution < 1.29 is 13.2 Å². The normalized spacial score (nSPS) is 13.4. The van der Waals surface area contributed by atoms with Crippen LogP contribution in [0.2, 0.25) is 0 Å². The maximum Gasteiger partial charge on any atom is 0.148 e. The fraction of sp³-hybridized carbons (Fsp3) is 0.500. The van der Waals surface area contributed by atoms with E-state index in [9.17, 15) is 8.42 Å². The van der Waals surface area contributed by atoms with Gasteiger partial charge >= 0.3 is 0 Å². The highest BCUT2D eigenvalue weighted by Gasteiger charge is 2.09. The Kier molecular flexibility index (Phi) is 4.96. The summed E-state index contributed by atoms with van der Waals surface area (Å²) in [5.74, 6) is 0.955. The van der Waals surface area contributed by atoms with Crippen molar-refractivity contribution in [2.24, 2.45) is 0 Å². The fourth-order valence-electron chi connectivity index (χ4n) is 1.59. The first-order chi connectivity index (χ1) is 7.90. The first kappa shape index (κ1) is 14.0. The Labute approximate surface area is 103 Å². The van der Waals surface area contributed by atoms with E-state index >= 15 is 0 Å². The van der Waals surface area contributed by atoms with Crippen LogP contribution >= 0.6 is 0 Å². The molecular weight excluding hydrogens is 238 g/mol. The molecule has 17 heavy (non-hydrogen) atoms. The Morgan fingerprint density at radius 1 is 1.41 bits per heavy atom. The molecule has 0 aliphatic carbocycles. The van der Waals surface area contributed by atoms with Gasteiger partial charge in [-0.15, -0.1) is 0 Å². The number of ether oxygens (including phenoxy) is 1. The van der Waals surface area contributed by atoms with E-state index in [4.69, 9.17) is 4.74 Å². The summed E-state index contributed by atoms with van der Waals surface area (Å²) in [5, 5.41) is 3.17. The molecule has 5 heteroatoms. The van der Waals surface area contributed by atoms with Gasteiger partial charge in [-0.25, -0.2) is 8.42 Å². The zero-order valence-corrected chi connectivity index (χ0v) is 11.3. The molecular formula is C12H19NO3S. The van der Waals surface area contributed by atoms with Gasteiger partial charge in [0.1, 0.15) is 15.6 Å². The van der Waals surface area contributed by atoms with E-state index < -0.39 is 9.84 Å². The second-order valence-electron chi connectivity index (χ2n) is 4.23. The number of sulfone groups is 1. The summed E-state index contributed by atoms with van der Waals surface area (Å²) in [7, 11) is -1.30. The predicted octanol–water partition coefficient (Wildman–Crippen LogP) is 1.22. The van der Waals surface area contributed by atoms with Gasteiger partial charge in [0.2, 0.25) is 0 Å². The van der Waals surface area contributed by atoms with Crippen molar-refractivity contribution in [3.63, 3.8) is 0 Å². The topological polar surface area (TPSA) is 55.4 Å². The second-order valence-corrected chi connectivity index (χ2v) is 6.41. The van der Waals surface area contributed by atoms with Crippen molar-refractivity contribution >= 4 is 9.84 Å². The Morgan fingerprint density at radius 2 is 2.12 bits per heavy atom. The summed E-state index contributed by atoms with van der Waals surface area (Å²) in [4.78, 5) is 0. The summed E-state index contributed by atoms with van der Waals surface area (Å²) in [6, 6.07) is 7.64. The van der Waals surface area contributed by atoms with Crippen LogP contribution in [0.25, 0.3) is 0 Å². The fourth-order valence-corrected chi connectivity index (χ4v) is 2.61. The molecule has 4 nitrogen and oxygen atoms in total. The lowest BCUT2D eigenvalue weighted by Gasteiger charge is -2.13. The van der Waals surface area contributed by atoms with Crippen molar-refractivity contribution in [3.8, 4) is 5.75 Å². The number of rotatable bonds is 6. The third kappa shape index (κ3) is 5.70. The smallest absolute Gasteiger partial charge is 0.148 e. The molecule has 0 amide bonds. The average molecular weight is 257 g/mol. The molecule has 1 N–H and O–H groups in total. The van der Waals surface area contributed by atoms with Crippen LogP contribution in [0.5, 0.6) is 5.75 Å². The van der Waals surface area contributed by atoms with Gasteiger partial charge in [-0.2, -0.15) is 0 Å². The number of hydrogen-bond acceptors (Lipinski definition) is 4. The van der Waals surface area contributed by atoms with Gasteiger partial charge in [-0.3, -0.25) is 0 Å². The van der Waals surface area contributed by atoms with Crippen molar-refractivity contribution in [1.29, 1.82) is 0 Å². The highest BCUT2D eigenvalue weighted by Crippen LogP contribution is 2.12. The minimum absolute atomic E-state index is 0.0591. The summed E-state index contributed by atoms with van der Waals surface area (Å²) in [6.45, 7) is 2.50. The first-order valence-electron chi connectivity index (χ1n) is 5.45. The molecule has 0 heterocycles. The monoisotopic (exact) mass is 257 g/mol. The van der Waals surface area contributed by atoms with Crippen LogP contribution in [0, 0.1) is 0 Å². The number of methoxy groups -OCH3 is 1. The Balaban J connectivity index is 2.49. The molecule has 1 rings (SSSR count). The van der Waals surface area contributed by atoms with Gasteiger partial charge in [-0.1, -0.05) is 12.1 Å². The first-order valence-corrected chi connectivity index (χ1v) is 7.51.